The van der Waals surface area contributed by atoms with E-state index in [1.54, 1.807) is 0 Å². The Morgan fingerprint density at radius 2 is 2.14 bits per heavy atom. The number of hydrogen-bond donors (Lipinski definition) is 3. The van der Waals surface area contributed by atoms with Crippen molar-refractivity contribution in [2.75, 3.05) is 11.9 Å². The molecular weight excluding hydrogens is 264 g/mol. The molecule has 2 rings (SSSR count). The molecule has 21 heavy (non-hydrogen) atoms. The first-order valence-corrected chi connectivity index (χ1v) is 7.53. The van der Waals surface area contributed by atoms with Crippen LogP contribution in [-0.2, 0) is 6.42 Å². The smallest absolute Gasteiger partial charge is 0.319 e. The number of carbonyl (C=O) groups is 1. The summed E-state index contributed by atoms with van der Waals surface area (Å²) in [6.45, 7) is 1.89. The van der Waals surface area contributed by atoms with Gasteiger partial charge in [0.15, 0.2) is 0 Å². The highest BCUT2D eigenvalue weighted by molar-refractivity contribution is 5.90. The summed E-state index contributed by atoms with van der Waals surface area (Å²) >= 11 is 0. The SMILES string of the molecule is CCc1cc(C#CCO)ccc1NC(=O)NC1CCCC1. The molecule has 3 N–H and O–H groups in total. The molecule has 0 aliphatic heterocycles. The van der Waals surface area contributed by atoms with Crippen LogP contribution in [0.1, 0.15) is 43.7 Å². The van der Waals surface area contributed by atoms with Crippen molar-refractivity contribution in [2.45, 2.75) is 45.1 Å². The fourth-order valence-corrected chi connectivity index (χ4v) is 2.64. The quantitative estimate of drug-likeness (QED) is 0.748. The predicted octanol–water partition coefficient (Wildman–Crippen LogP) is 2.66. The van der Waals surface area contributed by atoms with Crippen LogP contribution in [0.2, 0.25) is 0 Å². The predicted molar refractivity (Wildman–Crippen MR) is 84.2 cm³/mol. The largest absolute Gasteiger partial charge is 0.384 e. The van der Waals surface area contributed by atoms with Gasteiger partial charge in [-0.25, -0.2) is 4.79 Å². The van der Waals surface area contributed by atoms with Gasteiger partial charge >= 0.3 is 6.03 Å². The molecule has 0 spiro atoms. The molecule has 1 fully saturated rings. The van der Waals surface area contributed by atoms with Crippen LogP contribution in [0.25, 0.3) is 0 Å². The third-order valence-corrected chi connectivity index (χ3v) is 3.74. The molecule has 4 heteroatoms. The van der Waals surface area contributed by atoms with Crippen molar-refractivity contribution in [3.63, 3.8) is 0 Å². The van der Waals surface area contributed by atoms with Gasteiger partial charge in [0.1, 0.15) is 6.61 Å². The van der Waals surface area contributed by atoms with Crippen molar-refractivity contribution in [2.24, 2.45) is 0 Å². The van der Waals surface area contributed by atoms with E-state index in [0.29, 0.717) is 6.04 Å². The van der Waals surface area contributed by atoms with E-state index >= 15 is 0 Å². The number of hydrogen-bond acceptors (Lipinski definition) is 2. The third kappa shape index (κ3) is 4.51. The van der Waals surface area contributed by atoms with Crippen molar-refractivity contribution >= 4 is 11.7 Å². The monoisotopic (exact) mass is 286 g/mol. The van der Waals surface area contributed by atoms with Gasteiger partial charge in [-0.1, -0.05) is 31.6 Å². The summed E-state index contributed by atoms with van der Waals surface area (Å²) in [6.07, 6.45) is 5.36. The van der Waals surface area contributed by atoms with Crippen molar-refractivity contribution in [3.05, 3.63) is 29.3 Å². The van der Waals surface area contributed by atoms with E-state index in [9.17, 15) is 4.79 Å². The Balaban J connectivity index is 2.02. The Morgan fingerprint density at radius 1 is 1.38 bits per heavy atom. The molecule has 0 heterocycles. The number of aryl methyl sites for hydroxylation is 1. The summed E-state index contributed by atoms with van der Waals surface area (Å²) in [5.41, 5.74) is 2.71. The molecule has 4 nitrogen and oxygen atoms in total. The van der Waals surface area contributed by atoms with Crippen LogP contribution in [0, 0.1) is 11.8 Å². The number of carbonyl (C=O) groups excluding carboxylic acids is 1. The number of urea groups is 1. The molecule has 0 unspecified atom stereocenters. The first-order chi connectivity index (χ1) is 10.2. The topological polar surface area (TPSA) is 61.4 Å². The van der Waals surface area contributed by atoms with Crippen molar-refractivity contribution < 1.29 is 9.90 Å². The average Bonchev–Trinajstić information content (AvgIpc) is 2.98. The van der Waals surface area contributed by atoms with Gasteiger partial charge in [0.2, 0.25) is 0 Å². The third-order valence-electron chi connectivity index (χ3n) is 3.74. The minimum atomic E-state index is -0.148. The number of aliphatic hydroxyl groups is 1. The van der Waals surface area contributed by atoms with E-state index in [1.165, 1.54) is 12.8 Å². The summed E-state index contributed by atoms with van der Waals surface area (Å²) in [4.78, 5) is 12.0. The van der Waals surface area contributed by atoms with E-state index < -0.39 is 0 Å². The van der Waals surface area contributed by atoms with Crippen LogP contribution in [-0.4, -0.2) is 23.8 Å². The first-order valence-electron chi connectivity index (χ1n) is 7.53. The molecule has 0 radical (unpaired) electrons. The normalized spacial score (nSPS) is 14.4. The minimum Gasteiger partial charge on any atom is -0.384 e. The van der Waals surface area contributed by atoms with Gasteiger partial charge in [-0.2, -0.15) is 0 Å². The number of aliphatic hydroxyl groups excluding tert-OH is 1. The molecule has 0 atom stereocenters. The summed E-state index contributed by atoms with van der Waals surface area (Å²) in [5.74, 6) is 5.51. The molecule has 0 aromatic heterocycles. The maximum atomic E-state index is 12.0. The van der Waals surface area contributed by atoms with Crippen LogP contribution in [0.15, 0.2) is 18.2 Å². The van der Waals surface area contributed by atoms with E-state index in [2.05, 4.69) is 22.5 Å². The molecular formula is C17H22N2O2. The highest BCUT2D eigenvalue weighted by Gasteiger charge is 2.17. The van der Waals surface area contributed by atoms with Crippen molar-refractivity contribution in [1.29, 1.82) is 0 Å². The van der Waals surface area contributed by atoms with Crippen molar-refractivity contribution in [1.82, 2.24) is 5.32 Å². The summed E-state index contributed by atoms with van der Waals surface area (Å²) in [5, 5.41) is 14.7. The second-order valence-corrected chi connectivity index (χ2v) is 5.27. The maximum absolute atomic E-state index is 12.0. The van der Waals surface area contributed by atoms with E-state index in [1.807, 2.05) is 25.1 Å². The van der Waals surface area contributed by atoms with Gasteiger partial charge in [-0.15, -0.1) is 0 Å². The maximum Gasteiger partial charge on any atom is 0.319 e. The Kier molecular flexibility index (Phi) is 5.65. The Labute approximate surface area is 125 Å². The van der Waals surface area contributed by atoms with E-state index in [-0.39, 0.29) is 12.6 Å². The molecule has 1 aromatic carbocycles. The highest BCUT2D eigenvalue weighted by Crippen LogP contribution is 2.20. The van der Waals surface area contributed by atoms with Gasteiger partial charge in [0, 0.05) is 17.3 Å². The molecule has 2 amide bonds. The Morgan fingerprint density at radius 3 is 2.81 bits per heavy atom. The van der Waals surface area contributed by atoms with Gasteiger partial charge in [0.05, 0.1) is 0 Å². The molecule has 1 aliphatic rings. The van der Waals surface area contributed by atoms with Gasteiger partial charge < -0.3 is 15.7 Å². The Bertz CT molecular complexity index is 552. The lowest BCUT2D eigenvalue weighted by atomic mass is 10.1. The zero-order chi connectivity index (χ0) is 15.1. The van der Waals surface area contributed by atoms with Crippen molar-refractivity contribution in [3.8, 4) is 11.8 Å². The fourth-order valence-electron chi connectivity index (χ4n) is 2.64. The summed E-state index contributed by atoms with van der Waals surface area (Å²) in [6, 6.07) is 5.85. The molecule has 1 aliphatic carbocycles. The zero-order valence-corrected chi connectivity index (χ0v) is 12.4. The van der Waals surface area contributed by atoms with Gasteiger partial charge in [-0.05, 0) is 43.0 Å². The van der Waals surface area contributed by atoms with Gasteiger partial charge in [0.25, 0.3) is 0 Å². The molecule has 0 bridgehead atoms. The van der Waals surface area contributed by atoms with E-state index in [0.717, 1.165) is 36.1 Å². The lowest BCUT2D eigenvalue weighted by molar-refractivity contribution is 0.248. The molecule has 1 saturated carbocycles. The van der Waals surface area contributed by atoms with Gasteiger partial charge in [-0.3, -0.25) is 0 Å². The first kappa shape index (κ1) is 15.4. The summed E-state index contributed by atoms with van der Waals surface area (Å²) in [7, 11) is 0. The molecule has 112 valence electrons. The highest BCUT2D eigenvalue weighted by atomic mass is 16.2. The fraction of sp³-hybridized carbons (Fsp3) is 0.471. The Hall–Kier alpha value is -1.99. The number of rotatable bonds is 3. The number of nitrogens with one attached hydrogen (secondary N) is 2. The lowest BCUT2D eigenvalue weighted by Crippen LogP contribution is -2.36. The minimum absolute atomic E-state index is 0.134. The van der Waals surface area contributed by atoms with Crippen LogP contribution < -0.4 is 10.6 Å². The summed E-state index contributed by atoms with van der Waals surface area (Å²) < 4.78 is 0. The number of anilines is 1. The van der Waals surface area contributed by atoms with Crippen LogP contribution in [0.3, 0.4) is 0 Å². The second-order valence-electron chi connectivity index (χ2n) is 5.27. The number of benzene rings is 1. The number of amides is 2. The average molecular weight is 286 g/mol. The lowest BCUT2D eigenvalue weighted by Gasteiger charge is -2.15. The standard InChI is InChI=1S/C17H22N2O2/c1-2-14-12-13(6-5-11-20)9-10-16(14)19-17(21)18-15-7-3-4-8-15/h9-10,12,15,20H,2-4,7-8,11H2,1H3,(H2,18,19,21). The zero-order valence-electron chi connectivity index (χ0n) is 12.4. The van der Waals surface area contributed by atoms with Crippen LogP contribution >= 0.6 is 0 Å². The molecule has 1 aromatic rings. The van der Waals surface area contributed by atoms with Crippen LogP contribution in [0.5, 0.6) is 0 Å². The molecule has 0 saturated heterocycles. The van der Waals surface area contributed by atoms with E-state index in [4.69, 9.17) is 5.11 Å². The van der Waals surface area contributed by atoms with Crippen LogP contribution in [0.4, 0.5) is 10.5 Å². The second kappa shape index (κ2) is 7.70.